The molecular weight excluding hydrogens is 303 g/mol. The van der Waals surface area contributed by atoms with Gasteiger partial charge in [-0.25, -0.2) is 0 Å². The SMILES string of the molecule is Cc1ccc(Cl)cc1C(O)c1ccc(Cl)c2ccccc12. The van der Waals surface area contributed by atoms with Crippen molar-refractivity contribution in [2.24, 2.45) is 0 Å². The lowest BCUT2D eigenvalue weighted by Gasteiger charge is -2.17. The Hall–Kier alpha value is -1.54. The van der Waals surface area contributed by atoms with Gasteiger partial charge in [-0.15, -0.1) is 0 Å². The number of benzene rings is 3. The molecular formula is C18H14Cl2O. The summed E-state index contributed by atoms with van der Waals surface area (Å²) in [5.74, 6) is 0. The van der Waals surface area contributed by atoms with E-state index in [0.717, 1.165) is 27.5 Å². The van der Waals surface area contributed by atoms with Crippen LogP contribution in [0.4, 0.5) is 0 Å². The molecule has 0 saturated heterocycles. The third-order valence-corrected chi connectivity index (χ3v) is 4.30. The molecule has 1 nitrogen and oxygen atoms in total. The average Bonchev–Trinajstić information content (AvgIpc) is 2.50. The van der Waals surface area contributed by atoms with Gasteiger partial charge < -0.3 is 5.11 Å². The Morgan fingerprint density at radius 2 is 1.57 bits per heavy atom. The zero-order valence-electron chi connectivity index (χ0n) is 11.5. The summed E-state index contributed by atoms with van der Waals surface area (Å²) in [6.45, 7) is 1.97. The molecule has 0 amide bonds. The van der Waals surface area contributed by atoms with Gasteiger partial charge in [-0.1, -0.05) is 59.6 Å². The molecule has 0 spiro atoms. The molecule has 3 aromatic carbocycles. The van der Waals surface area contributed by atoms with Gasteiger partial charge in [0.05, 0.1) is 0 Å². The van der Waals surface area contributed by atoms with Crippen LogP contribution < -0.4 is 0 Å². The fraction of sp³-hybridized carbons (Fsp3) is 0.111. The maximum absolute atomic E-state index is 10.8. The largest absolute Gasteiger partial charge is 0.384 e. The van der Waals surface area contributed by atoms with Crippen molar-refractivity contribution in [1.82, 2.24) is 0 Å². The normalized spacial score (nSPS) is 12.6. The number of hydrogen-bond donors (Lipinski definition) is 1. The van der Waals surface area contributed by atoms with E-state index < -0.39 is 6.10 Å². The van der Waals surface area contributed by atoms with Crippen LogP contribution in [0.25, 0.3) is 10.8 Å². The van der Waals surface area contributed by atoms with Crippen molar-refractivity contribution >= 4 is 34.0 Å². The molecule has 0 heterocycles. The molecule has 1 atom stereocenters. The average molecular weight is 317 g/mol. The summed E-state index contributed by atoms with van der Waals surface area (Å²) >= 11 is 12.3. The molecule has 0 aromatic heterocycles. The molecule has 0 bridgehead atoms. The molecule has 21 heavy (non-hydrogen) atoms. The Morgan fingerprint density at radius 1 is 0.857 bits per heavy atom. The molecule has 0 saturated carbocycles. The first kappa shape index (κ1) is 14.4. The zero-order chi connectivity index (χ0) is 15.0. The van der Waals surface area contributed by atoms with Gasteiger partial charge in [0.25, 0.3) is 0 Å². The van der Waals surface area contributed by atoms with Crippen LogP contribution >= 0.6 is 23.2 Å². The van der Waals surface area contributed by atoms with E-state index >= 15 is 0 Å². The second kappa shape index (κ2) is 5.69. The Kier molecular flexibility index (Phi) is 3.90. The van der Waals surface area contributed by atoms with Crippen LogP contribution in [-0.2, 0) is 0 Å². The predicted molar refractivity (Wildman–Crippen MR) is 89.2 cm³/mol. The monoisotopic (exact) mass is 316 g/mol. The Morgan fingerprint density at radius 3 is 2.33 bits per heavy atom. The minimum Gasteiger partial charge on any atom is -0.384 e. The first-order valence-electron chi connectivity index (χ1n) is 6.69. The smallest absolute Gasteiger partial charge is 0.105 e. The van der Waals surface area contributed by atoms with Crippen LogP contribution in [0.3, 0.4) is 0 Å². The number of halogens is 2. The molecule has 3 aromatic rings. The van der Waals surface area contributed by atoms with Gasteiger partial charge in [0.1, 0.15) is 6.10 Å². The highest BCUT2D eigenvalue weighted by molar-refractivity contribution is 6.35. The van der Waals surface area contributed by atoms with Gasteiger partial charge in [-0.05, 0) is 47.2 Å². The van der Waals surface area contributed by atoms with E-state index in [4.69, 9.17) is 23.2 Å². The molecule has 0 aliphatic heterocycles. The minimum absolute atomic E-state index is 0.618. The Labute approximate surface area is 133 Å². The summed E-state index contributed by atoms with van der Waals surface area (Å²) in [5.41, 5.74) is 2.65. The van der Waals surface area contributed by atoms with Crippen LogP contribution in [0.2, 0.25) is 10.0 Å². The molecule has 0 radical (unpaired) electrons. The molecule has 3 heteroatoms. The third kappa shape index (κ3) is 2.65. The van der Waals surface area contributed by atoms with Crippen LogP contribution in [0.5, 0.6) is 0 Å². The Balaban J connectivity index is 2.20. The van der Waals surface area contributed by atoms with Crippen LogP contribution in [0, 0.1) is 6.92 Å². The number of aliphatic hydroxyl groups is 1. The second-order valence-electron chi connectivity index (χ2n) is 5.09. The highest BCUT2D eigenvalue weighted by Crippen LogP contribution is 2.34. The van der Waals surface area contributed by atoms with Gasteiger partial charge in [0, 0.05) is 15.4 Å². The molecule has 0 aliphatic rings. The lowest BCUT2D eigenvalue weighted by atomic mass is 9.93. The van der Waals surface area contributed by atoms with E-state index in [1.165, 1.54) is 0 Å². The number of fused-ring (bicyclic) bond motifs is 1. The quantitative estimate of drug-likeness (QED) is 0.658. The van der Waals surface area contributed by atoms with E-state index in [9.17, 15) is 5.11 Å². The van der Waals surface area contributed by atoms with Crippen LogP contribution in [0.15, 0.2) is 54.6 Å². The van der Waals surface area contributed by atoms with E-state index in [1.807, 2.05) is 61.5 Å². The molecule has 0 fully saturated rings. The van der Waals surface area contributed by atoms with Crippen molar-refractivity contribution in [2.45, 2.75) is 13.0 Å². The van der Waals surface area contributed by atoms with E-state index in [-0.39, 0.29) is 0 Å². The van der Waals surface area contributed by atoms with Gasteiger partial charge >= 0.3 is 0 Å². The van der Waals surface area contributed by atoms with Gasteiger partial charge in [-0.2, -0.15) is 0 Å². The van der Waals surface area contributed by atoms with E-state index in [2.05, 4.69) is 0 Å². The van der Waals surface area contributed by atoms with Gasteiger partial charge in [0.15, 0.2) is 0 Å². The topological polar surface area (TPSA) is 20.2 Å². The minimum atomic E-state index is -0.731. The highest BCUT2D eigenvalue weighted by Gasteiger charge is 2.16. The van der Waals surface area contributed by atoms with Crippen molar-refractivity contribution in [3.8, 4) is 0 Å². The summed E-state index contributed by atoms with van der Waals surface area (Å²) in [6.07, 6.45) is -0.731. The highest BCUT2D eigenvalue weighted by atomic mass is 35.5. The lowest BCUT2D eigenvalue weighted by molar-refractivity contribution is 0.221. The zero-order valence-corrected chi connectivity index (χ0v) is 13.0. The molecule has 1 unspecified atom stereocenters. The van der Waals surface area contributed by atoms with Crippen molar-refractivity contribution in [3.63, 3.8) is 0 Å². The third-order valence-electron chi connectivity index (χ3n) is 3.74. The summed E-state index contributed by atoms with van der Waals surface area (Å²) in [6, 6.07) is 17.1. The number of rotatable bonds is 2. The summed E-state index contributed by atoms with van der Waals surface area (Å²) < 4.78 is 0. The summed E-state index contributed by atoms with van der Waals surface area (Å²) in [4.78, 5) is 0. The van der Waals surface area contributed by atoms with Crippen molar-refractivity contribution in [1.29, 1.82) is 0 Å². The Bertz CT molecular complexity index is 811. The number of hydrogen-bond acceptors (Lipinski definition) is 1. The number of aryl methyl sites for hydroxylation is 1. The molecule has 106 valence electrons. The molecule has 3 rings (SSSR count). The standard InChI is InChI=1S/C18H14Cl2O/c1-11-6-7-12(19)10-16(11)18(21)15-8-9-17(20)14-5-3-2-4-13(14)15/h2-10,18,21H,1H3. The van der Waals surface area contributed by atoms with Crippen molar-refractivity contribution in [2.75, 3.05) is 0 Å². The number of aliphatic hydroxyl groups excluding tert-OH is 1. The maximum Gasteiger partial charge on any atom is 0.105 e. The van der Waals surface area contributed by atoms with Crippen LogP contribution in [0.1, 0.15) is 22.8 Å². The molecule has 0 aliphatic carbocycles. The van der Waals surface area contributed by atoms with Gasteiger partial charge in [-0.3, -0.25) is 0 Å². The predicted octanol–water partition coefficient (Wildman–Crippen LogP) is 5.54. The van der Waals surface area contributed by atoms with E-state index in [1.54, 1.807) is 0 Å². The first-order valence-corrected chi connectivity index (χ1v) is 7.45. The van der Waals surface area contributed by atoms with Crippen LogP contribution in [-0.4, -0.2) is 5.11 Å². The summed E-state index contributed by atoms with van der Waals surface area (Å²) in [7, 11) is 0. The van der Waals surface area contributed by atoms with Crippen molar-refractivity contribution < 1.29 is 5.11 Å². The van der Waals surface area contributed by atoms with E-state index in [0.29, 0.717) is 10.0 Å². The van der Waals surface area contributed by atoms with Gasteiger partial charge in [0.2, 0.25) is 0 Å². The summed E-state index contributed by atoms with van der Waals surface area (Å²) in [5, 5.41) is 14.0. The fourth-order valence-electron chi connectivity index (χ4n) is 2.60. The first-order chi connectivity index (χ1) is 10.1. The second-order valence-corrected chi connectivity index (χ2v) is 5.93. The molecule has 1 N–H and O–H groups in total. The maximum atomic E-state index is 10.8. The lowest BCUT2D eigenvalue weighted by Crippen LogP contribution is -2.03. The fourth-order valence-corrected chi connectivity index (χ4v) is 3.01. The van der Waals surface area contributed by atoms with Crippen molar-refractivity contribution in [3.05, 3.63) is 81.3 Å².